The SMILES string of the molecule is CC1CCN(CCCNC(=O)C(=O)Nc2ccccc2OC(F)F)CC1. The standard InChI is InChI=1S/C18H25F2N3O3/c1-13-7-11-23(12-8-13)10-4-9-21-16(24)17(25)22-14-5-2-3-6-15(14)26-18(19)20/h2-3,5-6,13,18H,4,7-12H2,1H3,(H,21,24)(H,22,25). The number of halogens is 2. The van der Waals surface area contributed by atoms with Crippen LogP contribution in [0.15, 0.2) is 24.3 Å². The van der Waals surface area contributed by atoms with Gasteiger partial charge in [0.2, 0.25) is 0 Å². The third-order valence-corrected chi connectivity index (χ3v) is 4.37. The summed E-state index contributed by atoms with van der Waals surface area (Å²) in [5, 5.41) is 4.84. The van der Waals surface area contributed by atoms with Crippen LogP contribution in [0.2, 0.25) is 0 Å². The van der Waals surface area contributed by atoms with E-state index in [9.17, 15) is 18.4 Å². The number of hydrogen-bond acceptors (Lipinski definition) is 4. The van der Waals surface area contributed by atoms with Crippen molar-refractivity contribution in [1.82, 2.24) is 10.2 Å². The molecule has 0 atom stereocenters. The Bertz CT molecular complexity index is 605. The number of nitrogens with zero attached hydrogens (tertiary/aromatic N) is 1. The molecule has 26 heavy (non-hydrogen) atoms. The summed E-state index contributed by atoms with van der Waals surface area (Å²) >= 11 is 0. The summed E-state index contributed by atoms with van der Waals surface area (Å²) in [6, 6.07) is 5.72. The van der Waals surface area contributed by atoms with Crippen LogP contribution in [0.3, 0.4) is 0 Å². The van der Waals surface area contributed by atoms with E-state index in [2.05, 4.69) is 27.2 Å². The van der Waals surface area contributed by atoms with Gasteiger partial charge in [-0.05, 0) is 56.9 Å². The van der Waals surface area contributed by atoms with Crippen molar-refractivity contribution in [2.75, 3.05) is 31.5 Å². The summed E-state index contributed by atoms with van der Waals surface area (Å²) in [6.07, 6.45) is 3.13. The predicted octanol–water partition coefficient (Wildman–Crippen LogP) is 2.46. The molecule has 1 aliphatic rings. The highest BCUT2D eigenvalue weighted by atomic mass is 19.3. The van der Waals surface area contributed by atoms with Crippen LogP contribution in [0.25, 0.3) is 0 Å². The van der Waals surface area contributed by atoms with Gasteiger partial charge in [-0.15, -0.1) is 0 Å². The van der Waals surface area contributed by atoms with Crippen molar-refractivity contribution in [3.05, 3.63) is 24.3 Å². The van der Waals surface area contributed by atoms with Gasteiger partial charge in [0.25, 0.3) is 0 Å². The van der Waals surface area contributed by atoms with Crippen LogP contribution in [0.4, 0.5) is 14.5 Å². The molecule has 1 heterocycles. The van der Waals surface area contributed by atoms with Crippen molar-refractivity contribution in [1.29, 1.82) is 0 Å². The van der Waals surface area contributed by atoms with E-state index in [0.717, 1.165) is 32.0 Å². The van der Waals surface area contributed by atoms with Crippen LogP contribution in [0.1, 0.15) is 26.2 Å². The Kier molecular flexibility index (Phi) is 7.77. The molecule has 1 aromatic carbocycles. The van der Waals surface area contributed by atoms with Crippen LogP contribution in [0.5, 0.6) is 5.75 Å². The molecule has 1 aromatic rings. The molecule has 1 aliphatic heterocycles. The molecule has 0 aliphatic carbocycles. The zero-order valence-corrected chi connectivity index (χ0v) is 14.8. The van der Waals surface area contributed by atoms with Crippen molar-refractivity contribution >= 4 is 17.5 Å². The number of ether oxygens (including phenoxy) is 1. The Morgan fingerprint density at radius 1 is 1.23 bits per heavy atom. The minimum absolute atomic E-state index is 0.0235. The molecular formula is C18H25F2N3O3. The minimum Gasteiger partial charge on any atom is -0.433 e. The van der Waals surface area contributed by atoms with Gasteiger partial charge in [0.15, 0.2) is 0 Å². The smallest absolute Gasteiger partial charge is 0.387 e. The average Bonchev–Trinajstić information content (AvgIpc) is 2.61. The number of amides is 2. The molecule has 6 nitrogen and oxygen atoms in total. The highest BCUT2D eigenvalue weighted by molar-refractivity contribution is 6.39. The first-order valence-corrected chi connectivity index (χ1v) is 8.81. The van der Waals surface area contributed by atoms with Crippen molar-refractivity contribution in [3.63, 3.8) is 0 Å². The molecule has 2 amide bonds. The maximum Gasteiger partial charge on any atom is 0.387 e. The zero-order valence-electron chi connectivity index (χ0n) is 14.8. The van der Waals surface area contributed by atoms with E-state index in [1.165, 1.54) is 31.0 Å². The molecule has 0 aromatic heterocycles. The van der Waals surface area contributed by atoms with Gasteiger partial charge in [0, 0.05) is 6.54 Å². The summed E-state index contributed by atoms with van der Waals surface area (Å²) in [5.41, 5.74) is 0.0235. The summed E-state index contributed by atoms with van der Waals surface area (Å²) in [4.78, 5) is 26.1. The topological polar surface area (TPSA) is 70.7 Å². The lowest BCUT2D eigenvalue weighted by molar-refractivity contribution is -0.136. The third kappa shape index (κ3) is 6.59. The van der Waals surface area contributed by atoms with Gasteiger partial charge in [-0.3, -0.25) is 9.59 Å². The van der Waals surface area contributed by atoms with E-state index in [4.69, 9.17) is 0 Å². The van der Waals surface area contributed by atoms with Gasteiger partial charge >= 0.3 is 18.4 Å². The molecule has 144 valence electrons. The van der Waals surface area contributed by atoms with E-state index in [0.29, 0.717) is 6.54 Å². The second kappa shape index (κ2) is 10.1. The number of para-hydroxylation sites is 2. The van der Waals surface area contributed by atoms with Gasteiger partial charge in [0.1, 0.15) is 5.75 Å². The van der Waals surface area contributed by atoms with Gasteiger partial charge < -0.3 is 20.3 Å². The largest absolute Gasteiger partial charge is 0.433 e. The number of benzene rings is 1. The van der Waals surface area contributed by atoms with Gasteiger partial charge in [-0.2, -0.15) is 8.78 Å². The minimum atomic E-state index is -3.01. The van der Waals surface area contributed by atoms with Crippen molar-refractivity contribution in [2.45, 2.75) is 32.8 Å². The number of carbonyl (C=O) groups is 2. The lowest BCUT2D eigenvalue weighted by Crippen LogP contribution is -2.38. The van der Waals surface area contributed by atoms with Crippen LogP contribution in [0, 0.1) is 5.92 Å². The van der Waals surface area contributed by atoms with Gasteiger partial charge in [-0.25, -0.2) is 0 Å². The molecular weight excluding hydrogens is 344 g/mol. The quantitative estimate of drug-likeness (QED) is 0.572. The number of hydrogen-bond donors (Lipinski definition) is 2. The highest BCUT2D eigenvalue weighted by Crippen LogP contribution is 2.25. The lowest BCUT2D eigenvalue weighted by atomic mass is 9.99. The Hall–Kier alpha value is -2.22. The number of likely N-dealkylation sites (tertiary alicyclic amines) is 1. The second-order valence-corrected chi connectivity index (χ2v) is 6.46. The molecule has 0 unspecified atom stereocenters. The maximum absolute atomic E-state index is 12.4. The first kappa shape index (κ1) is 20.1. The highest BCUT2D eigenvalue weighted by Gasteiger charge is 2.18. The molecule has 1 saturated heterocycles. The monoisotopic (exact) mass is 369 g/mol. The molecule has 0 spiro atoms. The Labute approximate surface area is 151 Å². The Morgan fingerprint density at radius 2 is 1.92 bits per heavy atom. The fraction of sp³-hybridized carbons (Fsp3) is 0.556. The van der Waals surface area contributed by atoms with Crippen LogP contribution in [-0.4, -0.2) is 49.5 Å². The van der Waals surface area contributed by atoms with Crippen molar-refractivity contribution in [3.8, 4) is 5.75 Å². The first-order valence-electron chi connectivity index (χ1n) is 8.81. The molecule has 1 fully saturated rings. The van der Waals surface area contributed by atoms with E-state index in [1.807, 2.05) is 0 Å². The lowest BCUT2D eigenvalue weighted by Gasteiger charge is -2.30. The number of nitrogens with one attached hydrogen (secondary N) is 2. The first-order chi connectivity index (χ1) is 12.5. The predicted molar refractivity (Wildman–Crippen MR) is 94.2 cm³/mol. The maximum atomic E-state index is 12.4. The summed E-state index contributed by atoms with van der Waals surface area (Å²) in [7, 11) is 0. The fourth-order valence-electron chi connectivity index (χ4n) is 2.82. The zero-order chi connectivity index (χ0) is 18.9. The summed E-state index contributed by atoms with van der Waals surface area (Å²) in [6.45, 7) is 2.63. The van der Waals surface area contributed by atoms with Crippen LogP contribution >= 0.6 is 0 Å². The third-order valence-electron chi connectivity index (χ3n) is 4.37. The number of carbonyl (C=O) groups excluding carboxylic acids is 2. The fourth-order valence-corrected chi connectivity index (χ4v) is 2.82. The number of alkyl halides is 2. The molecule has 8 heteroatoms. The molecule has 0 bridgehead atoms. The van der Waals surface area contributed by atoms with Crippen molar-refractivity contribution in [2.24, 2.45) is 5.92 Å². The van der Waals surface area contributed by atoms with E-state index in [1.54, 1.807) is 6.07 Å². The molecule has 2 N–H and O–H groups in total. The average molecular weight is 369 g/mol. The molecule has 2 rings (SSSR count). The second-order valence-electron chi connectivity index (χ2n) is 6.46. The molecule has 0 radical (unpaired) electrons. The van der Waals surface area contributed by atoms with Gasteiger partial charge in [-0.1, -0.05) is 19.1 Å². The number of piperidine rings is 1. The van der Waals surface area contributed by atoms with Crippen LogP contribution < -0.4 is 15.4 Å². The number of rotatable bonds is 7. The summed E-state index contributed by atoms with van der Waals surface area (Å²) in [5.74, 6) is -1.14. The normalized spacial score (nSPS) is 15.7. The van der Waals surface area contributed by atoms with Crippen LogP contribution in [-0.2, 0) is 9.59 Å². The molecule has 0 saturated carbocycles. The van der Waals surface area contributed by atoms with Gasteiger partial charge in [0.05, 0.1) is 5.69 Å². The van der Waals surface area contributed by atoms with E-state index < -0.39 is 18.4 Å². The van der Waals surface area contributed by atoms with Crippen molar-refractivity contribution < 1.29 is 23.1 Å². The van der Waals surface area contributed by atoms with E-state index in [-0.39, 0.29) is 11.4 Å². The Morgan fingerprint density at radius 3 is 2.62 bits per heavy atom. The number of anilines is 1. The summed E-state index contributed by atoms with van der Waals surface area (Å²) < 4.78 is 29.0. The van der Waals surface area contributed by atoms with E-state index >= 15 is 0 Å². The Balaban J connectivity index is 1.72.